The Morgan fingerprint density at radius 1 is 1.10 bits per heavy atom. The maximum absolute atomic E-state index is 12.6. The average molecular weight is 303 g/mol. The van der Waals surface area contributed by atoms with E-state index in [0.717, 1.165) is 38.3 Å². The molecule has 8 nitrogen and oxygen atoms in total. The number of halogens is 1. The summed E-state index contributed by atoms with van der Waals surface area (Å²) in [5, 5.41) is 28.6. The number of aliphatic hydroxyl groups is 1. The van der Waals surface area contributed by atoms with Crippen molar-refractivity contribution in [2.75, 3.05) is 13.2 Å². The van der Waals surface area contributed by atoms with E-state index >= 15 is 0 Å². The van der Waals surface area contributed by atoms with E-state index in [9.17, 15) is 24.6 Å². The van der Waals surface area contributed by atoms with Gasteiger partial charge in [-0.25, -0.2) is 0 Å². The van der Waals surface area contributed by atoms with Crippen molar-refractivity contribution in [3.05, 3.63) is 44.2 Å². The minimum absolute atomic E-state index is 0.324. The van der Waals surface area contributed by atoms with Gasteiger partial charge in [0.1, 0.15) is 0 Å². The van der Waals surface area contributed by atoms with Crippen molar-refractivity contribution in [3.63, 3.8) is 0 Å². The van der Waals surface area contributed by atoms with Crippen LogP contribution in [0.15, 0.2) is 18.2 Å². The molecule has 0 atom stereocenters. The van der Waals surface area contributed by atoms with Gasteiger partial charge in [-0.05, 0) is 25.5 Å². The van der Waals surface area contributed by atoms with Gasteiger partial charge in [0, 0.05) is 12.7 Å². The van der Waals surface area contributed by atoms with Crippen LogP contribution in [0.25, 0.3) is 0 Å². The maximum Gasteiger partial charge on any atom is 0.311 e. The monoisotopic (exact) mass is 303 g/mol. The van der Waals surface area contributed by atoms with E-state index in [2.05, 4.69) is 0 Å². The number of nitro groups is 2. The number of unbranched alkanes of at least 4 members (excludes halogenated alkanes) is 3. The van der Waals surface area contributed by atoms with Crippen LogP contribution in [0.2, 0.25) is 0 Å². The fraction of sp³-hybridized carbons (Fsp3) is 0.500. The van der Waals surface area contributed by atoms with Crippen LogP contribution in [-0.4, -0.2) is 28.1 Å². The molecule has 0 aliphatic heterocycles. The zero-order chi connectivity index (χ0) is 16.3. The summed E-state index contributed by atoms with van der Waals surface area (Å²) in [6, 6.07) is 2.13. The number of benzene rings is 1. The number of nitrogens with zero attached hydrogens (tertiary/aromatic N) is 2. The van der Waals surface area contributed by atoms with Crippen molar-refractivity contribution in [1.82, 2.24) is 0 Å². The van der Waals surface area contributed by atoms with Crippen LogP contribution in [-0.2, 0) is 0 Å². The summed E-state index contributed by atoms with van der Waals surface area (Å²) < 4.78 is 12.6. The lowest BCUT2D eigenvalue weighted by Gasteiger charge is -1.93. The van der Waals surface area contributed by atoms with Gasteiger partial charge in [-0.1, -0.05) is 12.8 Å². The van der Waals surface area contributed by atoms with Gasteiger partial charge < -0.3 is 10.8 Å². The first-order chi connectivity index (χ1) is 9.93. The fourth-order valence-electron chi connectivity index (χ4n) is 1.36. The molecule has 0 heterocycles. The molecular weight excluding hydrogens is 285 g/mol. The van der Waals surface area contributed by atoms with Crippen LogP contribution in [0.5, 0.6) is 0 Å². The standard InChI is InChI=1S/C6H3FN2O4.C6H15NO/c7-5-2-1-4(8(10)11)3-6(5)9(12)13;7-5-3-1-2-4-6-8/h1-3H;8H,1-7H2. The second kappa shape index (κ2) is 10.6. The van der Waals surface area contributed by atoms with Crippen molar-refractivity contribution < 1.29 is 19.3 Å². The number of aliphatic hydroxyl groups excluding tert-OH is 1. The molecule has 1 aromatic carbocycles. The quantitative estimate of drug-likeness (QED) is 0.450. The average Bonchev–Trinajstić information content (AvgIpc) is 2.44. The Bertz CT molecular complexity index is 464. The fourth-order valence-corrected chi connectivity index (χ4v) is 1.36. The molecule has 0 amide bonds. The molecule has 9 heteroatoms. The smallest absolute Gasteiger partial charge is 0.311 e. The third-order valence-corrected chi connectivity index (χ3v) is 2.45. The lowest BCUT2D eigenvalue weighted by Crippen LogP contribution is -1.97. The first-order valence-electron chi connectivity index (χ1n) is 6.33. The first-order valence-corrected chi connectivity index (χ1v) is 6.33. The largest absolute Gasteiger partial charge is 0.396 e. The van der Waals surface area contributed by atoms with Gasteiger partial charge in [0.25, 0.3) is 5.69 Å². The Balaban J connectivity index is 0.000000433. The third-order valence-electron chi connectivity index (χ3n) is 2.45. The summed E-state index contributed by atoms with van der Waals surface area (Å²) in [5.41, 5.74) is 3.85. The number of hydrogen-bond donors (Lipinski definition) is 2. The molecule has 118 valence electrons. The highest BCUT2D eigenvalue weighted by molar-refractivity contribution is 5.43. The van der Waals surface area contributed by atoms with Crippen molar-refractivity contribution >= 4 is 11.4 Å². The Morgan fingerprint density at radius 2 is 1.71 bits per heavy atom. The van der Waals surface area contributed by atoms with Gasteiger partial charge in [0.05, 0.1) is 15.9 Å². The predicted molar refractivity (Wildman–Crippen MR) is 74.3 cm³/mol. The molecule has 0 aliphatic rings. The summed E-state index contributed by atoms with van der Waals surface area (Å²) in [5.74, 6) is -1.09. The topological polar surface area (TPSA) is 133 Å². The molecule has 0 aliphatic carbocycles. The molecule has 0 unspecified atom stereocenters. The molecule has 0 fully saturated rings. The molecule has 0 saturated heterocycles. The predicted octanol–water partition coefficient (Wildman–Crippen LogP) is 2.14. The molecule has 1 aromatic rings. The molecule has 0 saturated carbocycles. The maximum atomic E-state index is 12.6. The number of nitro benzene ring substituents is 2. The molecule has 3 N–H and O–H groups in total. The van der Waals surface area contributed by atoms with Crippen LogP contribution < -0.4 is 5.73 Å². The molecule has 0 radical (unpaired) electrons. The summed E-state index contributed by atoms with van der Waals surface area (Å²) in [4.78, 5) is 18.4. The van der Waals surface area contributed by atoms with Gasteiger partial charge in [0.2, 0.25) is 5.82 Å². The van der Waals surface area contributed by atoms with Gasteiger partial charge in [-0.2, -0.15) is 4.39 Å². The first kappa shape index (κ1) is 18.9. The number of rotatable bonds is 7. The highest BCUT2D eigenvalue weighted by Gasteiger charge is 2.18. The lowest BCUT2D eigenvalue weighted by atomic mass is 10.2. The summed E-state index contributed by atoms with van der Waals surface area (Å²) >= 11 is 0. The zero-order valence-corrected chi connectivity index (χ0v) is 11.4. The second-order valence-electron chi connectivity index (χ2n) is 4.08. The van der Waals surface area contributed by atoms with E-state index in [1.165, 1.54) is 0 Å². The SMILES string of the molecule is NCCCCCCO.O=[N+]([O-])c1ccc(F)c([N+](=O)[O-])c1. The summed E-state index contributed by atoms with van der Waals surface area (Å²) in [6.07, 6.45) is 4.31. The highest BCUT2D eigenvalue weighted by atomic mass is 19.1. The Kier molecular flexibility index (Phi) is 9.55. The molecule has 0 aromatic heterocycles. The van der Waals surface area contributed by atoms with Gasteiger partial charge >= 0.3 is 5.69 Å². The van der Waals surface area contributed by atoms with Crippen molar-refractivity contribution in [1.29, 1.82) is 0 Å². The highest BCUT2D eigenvalue weighted by Crippen LogP contribution is 2.22. The molecule has 0 bridgehead atoms. The van der Waals surface area contributed by atoms with E-state index in [-0.39, 0.29) is 0 Å². The van der Waals surface area contributed by atoms with E-state index in [1.54, 1.807) is 0 Å². The molecule has 21 heavy (non-hydrogen) atoms. The number of non-ortho nitro benzene ring substituents is 1. The van der Waals surface area contributed by atoms with Gasteiger partial charge in [0.15, 0.2) is 0 Å². The lowest BCUT2D eigenvalue weighted by molar-refractivity contribution is -0.395. The van der Waals surface area contributed by atoms with Crippen LogP contribution in [0.3, 0.4) is 0 Å². The Labute approximate surface area is 120 Å². The minimum atomic E-state index is -1.09. The molecular formula is C12H18FN3O5. The van der Waals surface area contributed by atoms with Crippen molar-refractivity contribution in [2.45, 2.75) is 25.7 Å². The van der Waals surface area contributed by atoms with Crippen LogP contribution in [0, 0.1) is 26.0 Å². The van der Waals surface area contributed by atoms with Gasteiger partial charge in [-0.15, -0.1) is 0 Å². The summed E-state index contributed by atoms with van der Waals surface area (Å²) in [6.45, 7) is 1.11. The van der Waals surface area contributed by atoms with Crippen LogP contribution in [0.4, 0.5) is 15.8 Å². The van der Waals surface area contributed by atoms with E-state index in [4.69, 9.17) is 10.8 Å². The zero-order valence-electron chi connectivity index (χ0n) is 11.4. The second-order valence-corrected chi connectivity index (χ2v) is 4.08. The van der Waals surface area contributed by atoms with Crippen molar-refractivity contribution in [2.24, 2.45) is 5.73 Å². The normalized spacial score (nSPS) is 9.67. The summed E-state index contributed by atoms with van der Waals surface area (Å²) in [7, 11) is 0. The number of hydrogen-bond acceptors (Lipinski definition) is 6. The van der Waals surface area contributed by atoms with E-state index in [1.807, 2.05) is 0 Å². The van der Waals surface area contributed by atoms with Crippen LogP contribution >= 0.6 is 0 Å². The number of nitrogens with two attached hydrogens (primary N) is 1. The third kappa shape index (κ3) is 7.90. The molecule has 1 rings (SSSR count). The minimum Gasteiger partial charge on any atom is -0.396 e. The van der Waals surface area contributed by atoms with Crippen LogP contribution in [0.1, 0.15) is 25.7 Å². The Hall–Kier alpha value is -2.13. The van der Waals surface area contributed by atoms with E-state index in [0.29, 0.717) is 18.7 Å². The Morgan fingerprint density at radius 3 is 2.19 bits per heavy atom. The molecule has 0 spiro atoms. The van der Waals surface area contributed by atoms with E-state index < -0.39 is 27.0 Å². The van der Waals surface area contributed by atoms with Crippen molar-refractivity contribution in [3.8, 4) is 0 Å². The van der Waals surface area contributed by atoms with Gasteiger partial charge in [-0.3, -0.25) is 20.2 Å².